The van der Waals surface area contributed by atoms with Gasteiger partial charge in [-0.25, -0.2) is 9.59 Å². The van der Waals surface area contributed by atoms with Gasteiger partial charge < -0.3 is 14.8 Å². The fourth-order valence-electron chi connectivity index (χ4n) is 7.54. The molecule has 174 valence electrons. The highest BCUT2D eigenvalue weighted by atomic mass is 16.6. The lowest BCUT2D eigenvalue weighted by Gasteiger charge is -2.52. The van der Waals surface area contributed by atoms with E-state index in [1.54, 1.807) is 24.3 Å². The normalized spacial score (nSPS) is 40.9. The number of fused-ring (bicyclic) bond motifs is 5. The average Bonchev–Trinajstić information content (AvgIpc) is 3.43. The first-order valence-electron chi connectivity index (χ1n) is 11.9. The van der Waals surface area contributed by atoms with Crippen LogP contribution < -0.4 is 5.32 Å². The molecule has 2 heterocycles. The summed E-state index contributed by atoms with van der Waals surface area (Å²) in [6.45, 7) is 10.6. The van der Waals surface area contributed by atoms with E-state index < -0.39 is 16.6 Å². The largest absolute Gasteiger partial charge is 0.451 e. The van der Waals surface area contributed by atoms with Crippen molar-refractivity contribution in [3.8, 4) is 0 Å². The Balaban J connectivity index is 1.62. The number of benzene rings is 2. The molecule has 0 spiro atoms. The zero-order valence-electron chi connectivity index (χ0n) is 20.1. The van der Waals surface area contributed by atoms with Gasteiger partial charge in [0.1, 0.15) is 0 Å². The van der Waals surface area contributed by atoms with E-state index in [9.17, 15) is 9.59 Å². The number of nitrogens with one attached hydrogen (secondary N) is 1. The van der Waals surface area contributed by atoms with Crippen LogP contribution in [0, 0.1) is 16.7 Å². The number of ether oxygens (including phenoxy) is 2. The van der Waals surface area contributed by atoms with Crippen molar-refractivity contribution in [2.24, 2.45) is 16.7 Å². The topological polar surface area (TPSA) is 64.6 Å². The van der Waals surface area contributed by atoms with Crippen molar-refractivity contribution in [3.63, 3.8) is 0 Å². The van der Waals surface area contributed by atoms with Crippen LogP contribution in [-0.2, 0) is 9.47 Å². The lowest BCUT2D eigenvalue weighted by Crippen LogP contribution is -2.63. The van der Waals surface area contributed by atoms with Gasteiger partial charge in [-0.15, -0.1) is 0 Å². The number of hydrogen-bond donors (Lipinski definition) is 1. The Kier molecular flexibility index (Phi) is 4.81. The Bertz CT molecular complexity index is 1090. The molecular formula is C28H33NO4. The van der Waals surface area contributed by atoms with Crippen molar-refractivity contribution in [1.29, 1.82) is 0 Å². The van der Waals surface area contributed by atoms with Gasteiger partial charge in [0.2, 0.25) is 0 Å². The fourth-order valence-corrected chi connectivity index (χ4v) is 7.54. The monoisotopic (exact) mass is 447 g/mol. The summed E-state index contributed by atoms with van der Waals surface area (Å²) in [5, 5.41) is 3.80. The second kappa shape index (κ2) is 7.17. The molecule has 5 nitrogen and oxygen atoms in total. The van der Waals surface area contributed by atoms with Gasteiger partial charge in [0.05, 0.1) is 11.1 Å². The third-order valence-electron chi connectivity index (χ3n) is 9.97. The van der Waals surface area contributed by atoms with Crippen molar-refractivity contribution < 1.29 is 19.1 Å². The Morgan fingerprint density at radius 1 is 0.788 bits per heavy atom. The molecule has 2 bridgehead atoms. The minimum absolute atomic E-state index is 0.0426. The first kappa shape index (κ1) is 22.1. The Labute approximate surface area is 195 Å². The molecule has 0 radical (unpaired) electrons. The van der Waals surface area contributed by atoms with Gasteiger partial charge in [-0.05, 0) is 51.0 Å². The van der Waals surface area contributed by atoms with Crippen LogP contribution in [0.4, 0.5) is 0 Å². The van der Waals surface area contributed by atoms with Crippen LogP contribution in [0.3, 0.4) is 0 Å². The predicted octanol–water partition coefficient (Wildman–Crippen LogP) is 5.01. The van der Waals surface area contributed by atoms with E-state index in [1.807, 2.05) is 50.2 Å². The quantitative estimate of drug-likeness (QED) is 0.667. The Morgan fingerprint density at radius 3 is 1.82 bits per heavy atom. The molecule has 0 aromatic heterocycles. The first-order valence-corrected chi connectivity index (χ1v) is 11.9. The first-order chi connectivity index (χ1) is 15.6. The van der Waals surface area contributed by atoms with E-state index in [4.69, 9.17) is 9.47 Å². The number of esters is 2. The van der Waals surface area contributed by atoms with Crippen LogP contribution >= 0.6 is 0 Å². The van der Waals surface area contributed by atoms with Crippen LogP contribution in [0.15, 0.2) is 60.7 Å². The summed E-state index contributed by atoms with van der Waals surface area (Å²) in [5.41, 5.74) is -1.70. The zero-order valence-corrected chi connectivity index (χ0v) is 20.1. The van der Waals surface area contributed by atoms with E-state index in [0.29, 0.717) is 11.1 Å². The SMILES string of the molecule is CC1C(C)(OC(=O)c2ccccc2)C(C)(OC(=O)c2ccccc2)C2(C)C3CCC(N3)C12C. The van der Waals surface area contributed by atoms with Crippen molar-refractivity contribution >= 4 is 11.9 Å². The van der Waals surface area contributed by atoms with E-state index in [2.05, 4.69) is 26.1 Å². The summed E-state index contributed by atoms with van der Waals surface area (Å²) in [4.78, 5) is 26.7. The molecule has 2 aromatic carbocycles. The van der Waals surface area contributed by atoms with Gasteiger partial charge in [-0.3, -0.25) is 0 Å². The van der Waals surface area contributed by atoms with Crippen LogP contribution in [0.1, 0.15) is 68.2 Å². The van der Waals surface area contributed by atoms with Gasteiger partial charge in [0.15, 0.2) is 11.2 Å². The number of rotatable bonds is 4. The highest BCUT2D eigenvalue weighted by molar-refractivity contribution is 5.91. The second-order valence-corrected chi connectivity index (χ2v) is 10.7. The zero-order chi connectivity index (χ0) is 23.6. The van der Waals surface area contributed by atoms with Gasteiger partial charge in [-0.1, -0.05) is 57.2 Å². The molecule has 2 aliphatic heterocycles. The maximum Gasteiger partial charge on any atom is 0.338 e. The molecule has 0 amide bonds. The number of carbonyl (C=O) groups excluding carboxylic acids is 2. The summed E-state index contributed by atoms with van der Waals surface area (Å²) in [6.07, 6.45) is 2.09. The third-order valence-corrected chi connectivity index (χ3v) is 9.97. The molecule has 3 aliphatic rings. The molecule has 7 unspecified atom stereocenters. The van der Waals surface area contributed by atoms with Crippen LogP contribution in [0.2, 0.25) is 0 Å². The summed E-state index contributed by atoms with van der Waals surface area (Å²) in [6, 6.07) is 18.6. The second-order valence-electron chi connectivity index (χ2n) is 10.7. The van der Waals surface area contributed by atoms with Gasteiger partial charge in [0, 0.05) is 28.8 Å². The average molecular weight is 448 g/mol. The molecule has 1 saturated carbocycles. The van der Waals surface area contributed by atoms with Crippen LogP contribution in [0.25, 0.3) is 0 Å². The van der Waals surface area contributed by atoms with Crippen molar-refractivity contribution in [2.75, 3.05) is 0 Å². The van der Waals surface area contributed by atoms with Gasteiger partial charge in [-0.2, -0.15) is 0 Å². The lowest BCUT2D eigenvalue weighted by atomic mass is 9.54. The maximum absolute atomic E-state index is 13.4. The van der Waals surface area contributed by atoms with Gasteiger partial charge in [0.25, 0.3) is 0 Å². The van der Waals surface area contributed by atoms with Crippen LogP contribution in [0.5, 0.6) is 0 Å². The summed E-state index contributed by atoms with van der Waals surface area (Å²) < 4.78 is 12.9. The highest BCUT2D eigenvalue weighted by Crippen LogP contribution is 2.75. The summed E-state index contributed by atoms with van der Waals surface area (Å²) in [7, 11) is 0. The van der Waals surface area contributed by atoms with E-state index >= 15 is 0 Å². The summed E-state index contributed by atoms with van der Waals surface area (Å²) >= 11 is 0. The molecule has 3 fully saturated rings. The van der Waals surface area contributed by atoms with E-state index in [1.165, 1.54) is 0 Å². The molecule has 1 aliphatic carbocycles. The molecule has 1 N–H and O–H groups in total. The van der Waals surface area contributed by atoms with Crippen molar-refractivity contribution in [1.82, 2.24) is 5.32 Å². The standard InChI is InChI=1S/C28H33NO4/c1-18-25(2)21-16-17-22(29-21)26(25,3)28(5,33-24(31)20-14-10-7-11-15-20)27(18,4)32-23(30)19-12-8-6-9-13-19/h6-15,18,21-22,29H,16-17H2,1-5H3. The van der Waals surface area contributed by atoms with Crippen LogP contribution in [-0.4, -0.2) is 35.2 Å². The minimum atomic E-state index is -1.04. The lowest BCUT2D eigenvalue weighted by molar-refractivity contribution is -0.178. The molecule has 33 heavy (non-hydrogen) atoms. The van der Waals surface area contributed by atoms with E-state index in [0.717, 1.165) is 12.8 Å². The van der Waals surface area contributed by atoms with Crippen molar-refractivity contribution in [2.45, 2.75) is 70.7 Å². The Morgan fingerprint density at radius 2 is 1.27 bits per heavy atom. The Hall–Kier alpha value is -2.66. The molecule has 2 aromatic rings. The molecule has 5 rings (SSSR count). The molecular weight excluding hydrogens is 414 g/mol. The highest BCUT2D eigenvalue weighted by Gasteiger charge is 2.84. The molecule has 5 heteroatoms. The summed E-state index contributed by atoms with van der Waals surface area (Å²) in [5.74, 6) is -0.820. The smallest absolute Gasteiger partial charge is 0.338 e. The number of carbonyl (C=O) groups is 2. The fraction of sp³-hybridized carbons (Fsp3) is 0.500. The third kappa shape index (κ3) is 2.63. The molecule has 2 saturated heterocycles. The van der Waals surface area contributed by atoms with Crippen molar-refractivity contribution in [3.05, 3.63) is 71.8 Å². The number of hydrogen-bond acceptors (Lipinski definition) is 5. The predicted molar refractivity (Wildman–Crippen MR) is 126 cm³/mol. The van der Waals surface area contributed by atoms with E-state index in [-0.39, 0.29) is 35.4 Å². The van der Waals surface area contributed by atoms with Gasteiger partial charge >= 0.3 is 11.9 Å². The minimum Gasteiger partial charge on any atom is -0.451 e. The maximum atomic E-state index is 13.4. The molecule has 7 atom stereocenters.